The molecule has 0 amide bonds. The van der Waals surface area contributed by atoms with Crippen LogP contribution in [-0.2, 0) is 0 Å². The Morgan fingerprint density at radius 2 is 1.93 bits per heavy atom. The molecule has 0 spiro atoms. The number of nitrogens with zero attached hydrogens (tertiary/aromatic N) is 1. The molecule has 1 fully saturated rings. The minimum absolute atomic E-state index is 0.307. The van der Waals surface area contributed by atoms with Crippen LogP contribution < -0.4 is 11.1 Å². The van der Waals surface area contributed by atoms with Gasteiger partial charge < -0.3 is 11.1 Å². The fourth-order valence-electron chi connectivity index (χ4n) is 2.05. The van der Waals surface area contributed by atoms with Crippen molar-refractivity contribution >= 4 is 17.3 Å². The molecule has 0 radical (unpaired) electrons. The van der Waals surface area contributed by atoms with Gasteiger partial charge in [-0.2, -0.15) is 0 Å². The fraction of sp³-hybridized carbons (Fsp3) is 0.909. The lowest BCUT2D eigenvalue weighted by atomic mass is 9.93. The minimum Gasteiger partial charge on any atom is -0.376 e. The van der Waals surface area contributed by atoms with Gasteiger partial charge in [0.05, 0.1) is 0 Å². The van der Waals surface area contributed by atoms with Gasteiger partial charge in [-0.05, 0) is 64.8 Å². The standard InChI is InChI=1S/C11H23N3S/c1-11(2,3)14-6-4-9(5-7-14)8-13-10(12)15/h9H,4-8H2,1-3H3,(H3,12,13,15). The number of hydrogen-bond acceptors (Lipinski definition) is 2. The Bertz CT molecular complexity index is 214. The number of nitrogens with two attached hydrogens (primary N) is 1. The third-order valence-corrected chi connectivity index (χ3v) is 3.27. The lowest BCUT2D eigenvalue weighted by Gasteiger charge is -2.40. The van der Waals surface area contributed by atoms with Crippen LogP contribution >= 0.6 is 12.2 Å². The van der Waals surface area contributed by atoms with Crippen LogP contribution in [0.2, 0.25) is 0 Å². The zero-order chi connectivity index (χ0) is 11.5. The molecule has 1 saturated heterocycles. The first-order valence-corrected chi connectivity index (χ1v) is 6.09. The molecule has 1 aliphatic rings. The van der Waals surface area contributed by atoms with E-state index in [1.165, 1.54) is 25.9 Å². The van der Waals surface area contributed by atoms with Crippen LogP contribution in [-0.4, -0.2) is 35.2 Å². The van der Waals surface area contributed by atoms with E-state index in [1.807, 2.05) is 0 Å². The van der Waals surface area contributed by atoms with Crippen molar-refractivity contribution in [3.8, 4) is 0 Å². The molecule has 0 aromatic heterocycles. The van der Waals surface area contributed by atoms with Crippen molar-refractivity contribution < 1.29 is 0 Å². The number of rotatable bonds is 2. The Kier molecular flexibility index (Phi) is 4.34. The van der Waals surface area contributed by atoms with Crippen LogP contribution in [0.15, 0.2) is 0 Å². The molecule has 0 unspecified atom stereocenters. The predicted octanol–water partition coefficient (Wildman–Crippen LogP) is 1.33. The van der Waals surface area contributed by atoms with E-state index < -0.39 is 0 Å². The Morgan fingerprint density at radius 3 is 2.33 bits per heavy atom. The molecule has 0 aromatic rings. The summed E-state index contributed by atoms with van der Waals surface area (Å²) in [5.41, 5.74) is 5.72. The number of hydrogen-bond donors (Lipinski definition) is 2. The molecule has 4 heteroatoms. The molecule has 3 nitrogen and oxygen atoms in total. The van der Waals surface area contributed by atoms with E-state index >= 15 is 0 Å². The number of nitrogens with one attached hydrogen (secondary N) is 1. The normalized spacial score (nSPS) is 20.2. The summed E-state index contributed by atoms with van der Waals surface area (Å²) in [6, 6.07) is 0. The highest BCUT2D eigenvalue weighted by Gasteiger charge is 2.26. The first kappa shape index (κ1) is 12.7. The third-order valence-electron chi connectivity index (χ3n) is 3.13. The van der Waals surface area contributed by atoms with Gasteiger partial charge in [-0.1, -0.05) is 0 Å². The first-order chi connectivity index (χ1) is 6.89. The van der Waals surface area contributed by atoms with E-state index in [2.05, 4.69) is 31.0 Å². The lowest BCUT2D eigenvalue weighted by molar-refractivity contribution is 0.0884. The maximum absolute atomic E-state index is 5.42. The van der Waals surface area contributed by atoms with E-state index in [4.69, 9.17) is 18.0 Å². The predicted molar refractivity (Wildman–Crippen MR) is 68.8 cm³/mol. The van der Waals surface area contributed by atoms with Crippen molar-refractivity contribution in [1.82, 2.24) is 10.2 Å². The van der Waals surface area contributed by atoms with E-state index in [9.17, 15) is 0 Å². The van der Waals surface area contributed by atoms with Gasteiger partial charge in [0.2, 0.25) is 0 Å². The van der Waals surface area contributed by atoms with E-state index in [-0.39, 0.29) is 0 Å². The van der Waals surface area contributed by atoms with Gasteiger partial charge >= 0.3 is 0 Å². The smallest absolute Gasteiger partial charge is 0.163 e. The zero-order valence-electron chi connectivity index (χ0n) is 10.0. The van der Waals surface area contributed by atoms with Crippen molar-refractivity contribution in [2.75, 3.05) is 19.6 Å². The molecule has 1 heterocycles. The quantitative estimate of drug-likeness (QED) is 0.701. The van der Waals surface area contributed by atoms with Crippen LogP contribution in [0.5, 0.6) is 0 Å². The van der Waals surface area contributed by atoms with Crippen molar-refractivity contribution in [1.29, 1.82) is 0 Å². The van der Waals surface area contributed by atoms with Gasteiger partial charge in [0.25, 0.3) is 0 Å². The monoisotopic (exact) mass is 229 g/mol. The highest BCUT2D eigenvalue weighted by Crippen LogP contribution is 2.23. The molecule has 0 aliphatic carbocycles. The second kappa shape index (κ2) is 5.12. The van der Waals surface area contributed by atoms with Crippen molar-refractivity contribution in [2.45, 2.75) is 39.2 Å². The topological polar surface area (TPSA) is 41.3 Å². The summed E-state index contributed by atoms with van der Waals surface area (Å²) >= 11 is 4.80. The molecule has 0 saturated carbocycles. The van der Waals surface area contributed by atoms with Gasteiger partial charge in [-0.3, -0.25) is 4.90 Å². The second-order valence-corrected chi connectivity index (χ2v) is 5.79. The Hall–Kier alpha value is -0.350. The molecule has 1 rings (SSSR count). The van der Waals surface area contributed by atoms with Gasteiger partial charge in [-0.15, -0.1) is 0 Å². The fourth-order valence-corrected chi connectivity index (χ4v) is 2.14. The Labute approximate surface area is 98.4 Å². The van der Waals surface area contributed by atoms with Crippen molar-refractivity contribution in [3.05, 3.63) is 0 Å². The highest BCUT2D eigenvalue weighted by atomic mass is 32.1. The minimum atomic E-state index is 0.307. The number of likely N-dealkylation sites (tertiary alicyclic amines) is 1. The Morgan fingerprint density at radius 1 is 1.40 bits per heavy atom. The Balaban J connectivity index is 2.27. The summed E-state index contributed by atoms with van der Waals surface area (Å²) in [5, 5.41) is 3.48. The van der Waals surface area contributed by atoms with Gasteiger partial charge in [0, 0.05) is 12.1 Å². The van der Waals surface area contributed by atoms with Crippen LogP contribution in [0.1, 0.15) is 33.6 Å². The summed E-state index contributed by atoms with van der Waals surface area (Å²) in [6.07, 6.45) is 2.49. The molecule has 0 aromatic carbocycles. The second-order valence-electron chi connectivity index (χ2n) is 5.35. The van der Waals surface area contributed by atoms with E-state index in [0.717, 1.165) is 12.5 Å². The molecule has 1 aliphatic heterocycles. The first-order valence-electron chi connectivity index (χ1n) is 5.68. The lowest BCUT2D eigenvalue weighted by Crippen LogP contribution is -2.47. The molecular weight excluding hydrogens is 206 g/mol. The molecule has 0 atom stereocenters. The third kappa shape index (κ3) is 4.34. The molecule has 3 N–H and O–H groups in total. The molecule has 15 heavy (non-hydrogen) atoms. The maximum atomic E-state index is 5.42. The van der Waals surface area contributed by atoms with Crippen LogP contribution in [0, 0.1) is 5.92 Å². The van der Waals surface area contributed by atoms with Crippen molar-refractivity contribution in [3.63, 3.8) is 0 Å². The SMILES string of the molecule is CC(C)(C)N1CCC(CNC(N)=S)CC1. The number of thiocarbonyl (C=S) groups is 1. The van der Waals surface area contributed by atoms with Gasteiger partial charge in [-0.25, -0.2) is 0 Å². The number of piperidine rings is 1. The van der Waals surface area contributed by atoms with Crippen LogP contribution in [0.4, 0.5) is 0 Å². The average Bonchev–Trinajstić information content (AvgIpc) is 2.14. The van der Waals surface area contributed by atoms with E-state index in [0.29, 0.717) is 10.7 Å². The highest BCUT2D eigenvalue weighted by molar-refractivity contribution is 7.80. The summed E-state index contributed by atoms with van der Waals surface area (Å²) in [4.78, 5) is 2.55. The molecule has 88 valence electrons. The van der Waals surface area contributed by atoms with E-state index in [1.54, 1.807) is 0 Å². The molecule has 0 bridgehead atoms. The average molecular weight is 229 g/mol. The van der Waals surface area contributed by atoms with Crippen LogP contribution in [0.3, 0.4) is 0 Å². The van der Waals surface area contributed by atoms with Crippen LogP contribution in [0.25, 0.3) is 0 Å². The zero-order valence-corrected chi connectivity index (χ0v) is 10.9. The maximum Gasteiger partial charge on any atom is 0.163 e. The molecular formula is C11H23N3S. The summed E-state index contributed by atoms with van der Waals surface area (Å²) < 4.78 is 0. The van der Waals surface area contributed by atoms with Gasteiger partial charge in [0.15, 0.2) is 5.11 Å². The largest absolute Gasteiger partial charge is 0.376 e. The summed E-state index contributed by atoms with van der Waals surface area (Å²) in [7, 11) is 0. The van der Waals surface area contributed by atoms with Gasteiger partial charge in [0.1, 0.15) is 0 Å². The summed E-state index contributed by atoms with van der Waals surface area (Å²) in [5.74, 6) is 0.727. The summed E-state index contributed by atoms with van der Waals surface area (Å²) in [6.45, 7) is 10.1. The van der Waals surface area contributed by atoms with Crippen molar-refractivity contribution in [2.24, 2.45) is 11.7 Å².